The van der Waals surface area contributed by atoms with Crippen molar-refractivity contribution < 1.29 is 9.53 Å². The van der Waals surface area contributed by atoms with Crippen molar-refractivity contribution in [3.63, 3.8) is 0 Å². The first-order chi connectivity index (χ1) is 15.7. The molecule has 0 aromatic heterocycles. The summed E-state index contributed by atoms with van der Waals surface area (Å²) >= 11 is 0. The van der Waals surface area contributed by atoms with E-state index in [1.165, 1.54) is 11.1 Å². The van der Waals surface area contributed by atoms with Crippen LogP contribution in [0.4, 0.5) is 5.69 Å². The van der Waals surface area contributed by atoms with Gasteiger partial charge in [0.2, 0.25) is 5.91 Å². The number of nitrogens with zero attached hydrogens (tertiary/aromatic N) is 2. The number of hydrogen-bond donors (Lipinski definition) is 3. The van der Waals surface area contributed by atoms with Crippen LogP contribution >= 0.6 is 24.0 Å². The highest BCUT2D eigenvalue weighted by atomic mass is 127. The minimum Gasteiger partial charge on any atom is -0.379 e. The van der Waals surface area contributed by atoms with Gasteiger partial charge >= 0.3 is 0 Å². The summed E-state index contributed by atoms with van der Waals surface area (Å²) in [5.41, 5.74) is 4.55. The van der Waals surface area contributed by atoms with E-state index in [1.54, 1.807) is 7.05 Å². The number of carbonyl (C=O) groups is 1. The van der Waals surface area contributed by atoms with Crippen LogP contribution in [0.3, 0.4) is 0 Å². The largest absolute Gasteiger partial charge is 0.379 e. The summed E-state index contributed by atoms with van der Waals surface area (Å²) in [6.45, 7) is 7.87. The zero-order valence-electron chi connectivity index (χ0n) is 19.6. The van der Waals surface area contributed by atoms with E-state index in [9.17, 15) is 4.79 Å². The molecule has 0 radical (unpaired) electrons. The fraction of sp³-hybridized carbons (Fsp3) is 0.440. The molecule has 1 fully saturated rings. The number of anilines is 1. The van der Waals surface area contributed by atoms with Crippen LogP contribution in [0, 0.1) is 0 Å². The lowest BCUT2D eigenvalue weighted by atomic mass is 10.1. The molecule has 3 rings (SSSR count). The molecule has 7 nitrogen and oxygen atoms in total. The van der Waals surface area contributed by atoms with Gasteiger partial charge in [-0.25, -0.2) is 0 Å². The maximum absolute atomic E-state index is 11.7. The quantitative estimate of drug-likeness (QED) is 0.246. The monoisotopic (exact) mass is 565 g/mol. The molecule has 0 spiro atoms. The molecule has 0 aliphatic carbocycles. The van der Waals surface area contributed by atoms with Crippen LogP contribution in [0.5, 0.6) is 0 Å². The molecular weight excluding hydrogens is 529 g/mol. The van der Waals surface area contributed by atoms with Gasteiger partial charge in [0, 0.05) is 51.9 Å². The Bertz CT molecular complexity index is 883. The number of halogens is 1. The first-order valence-electron chi connectivity index (χ1n) is 11.4. The van der Waals surface area contributed by atoms with Gasteiger partial charge in [-0.15, -0.1) is 24.0 Å². The van der Waals surface area contributed by atoms with Crippen LogP contribution in [0.15, 0.2) is 53.5 Å². The van der Waals surface area contributed by atoms with Crippen molar-refractivity contribution in [1.29, 1.82) is 0 Å². The SMILES string of the molecule is CCCC(=O)Nc1ccc(CNC(=NC)NCc2ccccc2CN2CCOCC2)cc1.I. The van der Waals surface area contributed by atoms with Crippen molar-refractivity contribution in [3.8, 4) is 0 Å². The number of aliphatic imine (C=N–C) groups is 1. The van der Waals surface area contributed by atoms with Crippen molar-refractivity contribution in [2.75, 3.05) is 38.7 Å². The van der Waals surface area contributed by atoms with Crippen molar-refractivity contribution in [2.45, 2.75) is 39.4 Å². The van der Waals surface area contributed by atoms with E-state index in [4.69, 9.17) is 4.74 Å². The van der Waals surface area contributed by atoms with Crippen molar-refractivity contribution in [1.82, 2.24) is 15.5 Å². The van der Waals surface area contributed by atoms with Gasteiger partial charge in [0.15, 0.2) is 5.96 Å². The van der Waals surface area contributed by atoms with Gasteiger partial charge in [0.1, 0.15) is 0 Å². The molecule has 1 aliphatic heterocycles. The van der Waals surface area contributed by atoms with Crippen LogP contribution in [-0.4, -0.2) is 50.1 Å². The van der Waals surface area contributed by atoms with Gasteiger partial charge in [-0.05, 0) is 35.2 Å². The molecule has 0 saturated carbocycles. The van der Waals surface area contributed by atoms with Gasteiger partial charge in [0.05, 0.1) is 13.2 Å². The first kappa shape index (κ1) is 27.1. The van der Waals surface area contributed by atoms with Gasteiger partial charge in [-0.2, -0.15) is 0 Å². The van der Waals surface area contributed by atoms with E-state index in [1.807, 2.05) is 31.2 Å². The Morgan fingerprint density at radius 3 is 2.33 bits per heavy atom. The summed E-state index contributed by atoms with van der Waals surface area (Å²) in [6, 6.07) is 16.4. The highest BCUT2D eigenvalue weighted by Gasteiger charge is 2.13. The summed E-state index contributed by atoms with van der Waals surface area (Å²) in [5, 5.41) is 9.70. The second-order valence-electron chi connectivity index (χ2n) is 7.93. The number of guanidine groups is 1. The van der Waals surface area contributed by atoms with E-state index in [0.29, 0.717) is 19.5 Å². The van der Waals surface area contributed by atoms with Crippen LogP contribution in [0.2, 0.25) is 0 Å². The highest BCUT2D eigenvalue weighted by Crippen LogP contribution is 2.13. The Balaban J connectivity index is 0.00000385. The Morgan fingerprint density at radius 2 is 1.67 bits per heavy atom. The Morgan fingerprint density at radius 1 is 1.00 bits per heavy atom. The molecular formula is C25H36IN5O2. The number of ether oxygens (including phenoxy) is 1. The zero-order valence-corrected chi connectivity index (χ0v) is 21.9. The summed E-state index contributed by atoms with van der Waals surface area (Å²) < 4.78 is 5.46. The predicted octanol–water partition coefficient (Wildman–Crippen LogP) is 3.74. The molecule has 8 heteroatoms. The molecule has 0 unspecified atom stereocenters. The summed E-state index contributed by atoms with van der Waals surface area (Å²) in [4.78, 5) is 18.5. The van der Waals surface area contributed by atoms with Gasteiger partial charge in [-0.3, -0.25) is 14.7 Å². The molecule has 1 heterocycles. The zero-order chi connectivity index (χ0) is 22.6. The van der Waals surface area contributed by atoms with Crippen molar-refractivity contribution in [3.05, 3.63) is 65.2 Å². The highest BCUT2D eigenvalue weighted by molar-refractivity contribution is 14.0. The molecule has 180 valence electrons. The summed E-state index contributed by atoms with van der Waals surface area (Å²) in [7, 11) is 1.78. The maximum Gasteiger partial charge on any atom is 0.224 e. The maximum atomic E-state index is 11.7. The molecule has 1 saturated heterocycles. The van der Waals surface area contributed by atoms with E-state index in [0.717, 1.165) is 56.5 Å². The van der Waals surface area contributed by atoms with E-state index in [-0.39, 0.29) is 29.9 Å². The predicted molar refractivity (Wildman–Crippen MR) is 145 cm³/mol. The van der Waals surface area contributed by atoms with E-state index in [2.05, 4.69) is 50.1 Å². The normalized spacial score (nSPS) is 14.3. The minimum atomic E-state index is 0. The number of carbonyl (C=O) groups excluding carboxylic acids is 1. The average molecular weight is 566 g/mol. The third-order valence-corrected chi connectivity index (χ3v) is 5.46. The van der Waals surface area contributed by atoms with Gasteiger partial charge < -0.3 is 20.7 Å². The first-order valence-corrected chi connectivity index (χ1v) is 11.4. The van der Waals surface area contributed by atoms with Gasteiger partial charge in [-0.1, -0.05) is 43.3 Å². The Labute approximate surface area is 214 Å². The Kier molecular flexibility index (Phi) is 12.2. The standard InChI is InChI=1S/C25H35N5O2.HI/c1-3-6-24(31)29-23-11-9-20(10-12-23)17-27-25(26-2)28-18-21-7-4-5-8-22(21)19-30-13-15-32-16-14-30;/h4-5,7-12H,3,6,13-19H2,1-2H3,(H,29,31)(H2,26,27,28);1H. The van der Waals surface area contributed by atoms with Crippen molar-refractivity contribution >= 4 is 41.5 Å². The molecule has 1 amide bonds. The summed E-state index contributed by atoms with van der Waals surface area (Å²) in [5.74, 6) is 0.809. The molecule has 2 aromatic rings. The number of morpholine rings is 1. The fourth-order valence-electron chi connectivity index (χ4n) is 3.63. The van der Waals surface area contributed by atoms with Gasteiger partial charge in [0.25, 0.3) is 0 Å². The Hall–Kier alpha value is -2.17. The van der Waals surface area contributed by atoms with Crippen LogP contribution in [0.1, 0.15) is 36.5 Å². The number of rotatable bonds is 9. The molecule has 0 bridgehead atoms. The number of hydrogen-bond acceptors (Lipinski definition) is 4. The number of nitrogens with one attached hydrogen (secondary N) is 3. The molecule has 1 aliphatic rings. The van der Waals surface area contributed by atoms with Crippen LogP contribution in [-0.2, 0) is 29.2 Å². The van der Waals surface area contributed by atoms with Crippen LogP contribution < -0.4 is 16.0 Å². The second kappa shape index (κ2) is 14.9. The molecule has 2 aromatic carbocycles. The lowest BCUT2D eigenvalue weighted by Gasteiger charge is -2.27. The summed E-state index contributed by atoms with van der Waals surface area (Å²) in [6.07, 6.45) is 1.39. The minimum absolute atomic E-state index is 0. The molecule has 3 N–H and O–H groups in total. The fourth-order valence-corrected chi connectivity index (χ4v) is 3.63. The third-order valence-electron chi connectivity index (χ3n) is 5.46. The van der Waals surface area contributed by atoms with E-state index >= 15 is 0 Å². The topological polar surface area (TPSA) is 78.0 Å². The third kappa shape index (κ3) is 9.30. The van der Waals surface area contributed by atoms with E-state index < -0.39 is 0 Å². The smallest absolute Gasteiger partial charge is 0.224 e. The lowest BCUT2D eigenvalue weighted by Crippen LogP contribution is -2.37. The number of amides is 1. The number of benzene rings is 2. The average Bonchev–Trinajstić information content (AvgIpc) is 2.82. The van der Waals surface area contributed by atoms with Crippen molar-refractivity contribution in [2.24, 2.45) is 4.99 Å². The lowest BCUT2D eigenvalue weighted by molar-refractivity contribution is -0.116. The second-order valence-corrected chi connectivity index (χ2v) is 7.93. The molecule has 0 atom stereocenters. The van der Waals surface area contributed by atoms with Crippen LogP contribution in [0.25, 0.3) is 0 Å². The molecule has 33 heavy (non-hydrogen) atoms.